The van der Waals surface area contributed by atoms with Crippen LogP contribution in [0.2, 0.25) is 0 Å². The molecule has 1 aromatic heterocycles. The Morgan fingerprint density at radius 2 is 2.00 bits per heavy atom. The van der Waals surface area contributed by atoms with Gasteiger partial charge >= 0.3 is 0 Å². The summed E-state index contributed by atoms with van der Waals surface area (Å²) in [5.74, 6) is 1.68. The van der Waals surface area contributed by atoms with Crippen molar-refractivity contribution in [3.8, 4) is 22.8 Å². The predicted molar refractivity (Wildman–Crippen MR) is 92.1 cm³/mol. The van der Waals surface area contributed by atoms with E-state index in [9.17, 15) is 0 Å². The van der Waals surface area contributed by atoms with E-state index in [0.29, 0.717) is 6.61 Å². The van der Waals surface area contributed by atoms with Gasteiger partial charge in [0.25, 0.3) is 0 Å². The predicted octanol–water partition coefficient (Wildman–Crippen LogP) is 4.46. The number of thiazole rings is 1. The molecular weight excluding hydrogens is 308 g/mol. The molecule has 0 fully saturated rings. The Balaban J connectivity index is 1.68. The van der Waals surface area contributed by atoms with E-state index >= 15 is 0 Å². The fourth-order valence-corrected chi connectivity index (χ4v) is 3.36. The van der Waals surface area contributed by atoms with Gasteiger partial charge in [0.1, 0.15) is 18.1 Å². The highest BCUT2D eigenvalue weighted by atomic mass is 32.1. The van der Waals surface area contributed by atoms with E-state index < -0.39 is 0 Å². The molecule has 4 rings (SSSR count). The Bertz CT molecular complexity index is 886. The van der Waals surface area contributed by atoms with Gasteiger partial charge in [-0.3, -0.25) is 0 Å². The average molecular weight is 322 g/mol. The highest BCUT2D eigenvalue weighted by molar-refractivity contribution is 7.15. The molecule has 0 atom stereocenters. The fourth-order valence-electron chi connectivity index (χ4n) is 2.53. The summed E-state index contributed by atoms with van der Waals surface area (Å²) in [6.45, 7) is 0.550. The lowest BCUT2D eigenvalue weighted by molar-refractivity contribution is 0.305. The van der Waals surface area contributed by atoms with Gasteiger partial charge in [0.2, 0.25) is 5.13 Å². The van der Waals surface area contributed by atoms with Gasteiger partial charge in [-0.2, -0.15) is 0 Å². The summed E-state index contributed by atoms with van der Waals surface area (Å²) >= 11 is 1.56. The molecule has 0 bridgehead atoms. The lowest BCUT2D eigenvalue weighted by Crippen LogP contribution is -2.02. The number of ether oxygens (including phenoxy) is 2. The highest BCUT2D eigenvalue weighted by Crippen LogP contribution is 2.41. The summed E-state index contributed by atoms with van der Waals surface area (Å²) < 4.78 is 11.1. The summed E-state index contributed by atoms with van der Waals surface area (Å²) in [5.41, 5.74) is 2.94. The number of hydrogen-bond donors (Lipinski definition) is 0. The molecule has 1 aliphatic heterocycles. The number of aromatic nitrogens is 1. The standard InChI is InChI=1S/C18H14N2O2S/c1-21-14-8-4-2-6-12(14)10-19-18-20-17-13-7-3-5-9-15(13)22-11-16(17)23-18/h2-10H,11H2,1H3/b19-10+. The Kier molecular flexibility index (Phi) is 3.55. The molecule has 0 unspecified atom stereocenters. The smallest absolute Gasteiger partial charge is 0.210 e. The first-order valence-corrected chi connectivity index (χ1v) is 8.06. The van der Waals surface area contributed by atoms with E-state index in [2.05, 4.69) is 9.98 Å². The van der Waals surface area contributed by atoms with Crippen LogP contribution in [-0.2, 0) is 6.61 Å². The van der Waals surface area contributed by atoms with Gasteiger partial charge in [0.05, 0.1) is 17.7 Å². The third-order valence-electron chi connectivity index (χ3n) is 3.64. The van der Waals surface area contributed by atoms with Crippen molar-refractivity contribution < 1.29 is 9.47 Å². The van der Waals surface area contributed by atoms with Crippen LogP contribution in [0.1, 0.15) is 10.4 Å². The van der Waals surface area contributed by atoms with E-state index in [-0.39, 0.29) is 0 Å². The van der Waals surface area contributed by atoms with Gasteiger partial charge < -0.3 is 9.47 Å². The minimum absolute atomic E-state index is 0.550. The summed E-state index contributed by atoms with van der Waals surface area (Å²) in [5, 5.41) is 0.723. The minimum atomic E-state index is 0.550. The molecule has 114 valence electrons. The van der Waals surface area contributed by atoms with Gasteiger partial charge in [-0.15, -0.1) is 0 Å². The average Bonchev–Trinajstić information content (AvgIpc) is 3.04. The van der Waals surface area contributed by atoms with Crippen molar-refractivity contribution in [1.29, 1.82) is 0 Å². The zero-order valence-corrected chi connectivity index (χ0v) is 13.3. The fraction of sp³-hybridized carbons (Fsp3) is 0.111. The van der Waals surface area contributed by atoms with Crippen LogP contribution in [-0.4, -0.2) is 18.3 Å². The van der Waals surface area contributed by atoms with Gasteiger partial charge in [-0.05, 0) is 24.3 Å². The van der Waals surface area contributed by atoms with Crippen LogP contribution < -0.4 is 9.47 Å². The number of benzene rings is 2. The van der Waals surface area contributed by atoms with E-state index in [0.717, 1.165) is 38.3 Å². The monoisotopic (exact) mass is 322 g/mol. The molecule has 0 N–H and O–H groups in total. The summed E-state index contributed by atoms with van der Waals surface area (Å²) in [6, 6.07) is 15.7. The van der Waals surface area contributed by atoms with Crippen molar-refractivity contribution in [2.45, 2.75) is 6.61 Å². The molecule has 0 radical (unpaired) electrons. The zero-order valence-electron chi connectivity index (χ0n) is 12.5. The van der Waals surface area contributed by atoms with Gasteiger partial charge in [-0.1, -0.05) is 35.6 Å². The molecule has 2 heterocycles. The number of methoxy groups -OCH3 is 1. The molecule has 5 heteroatoms. The first kappa shape index (κ1) is 14.0. The summed E-state index contributed by atoms with van der Waals surface area (Å²) in [4.78, 5) is 10.3. The van der Waals surface area contributed by atoms with E-state index in [1.807, 2.05) is 48.5 Å². The normalized spacial score (nSPS) is 12.6. The molecule has 0 amide bonds. The maximum Gasteiger partial charge on any atom is 0.210 e. The highest BCUT2D eigenvalue weighted by Gasteiger charge is 2.21. The maximum atomic E-state index is 5.76. The maximum absolute atomic E-state index is 5.76. The van der Waals surface area contributed by atoms with Gasteiger partial charge in [-0.25, -0.2) is 9.98 Å². The van der Waals surface area contributed by atoms with E-state index in [1.54, 1.807) is 24.7 Å². The number of fused-ring (bicyclic) bond motifs is 3. The topological polar surface area (TPSA) is 43.7 Å². The first-order chi connectivity index (χ1) is 11.3. The number of para-hydroxylation sites is 2. The van der Waals surface area contributed by atoms with Crippen LogP contribution in [0, 0.1) is 0 Å². The van der Waals surface area contributed by atoms with Crippen molar-refractivity contribution >= 4 is 22.7 Å². The van der Waals surface area contributed by atoms with Crippen molar-refractivity contribution in [2.24, 2.45) is 4.99 Å². The number of hydrogen-bond acceptors (Lipinski definition) is 5. The van der Waals surface area contributed by atoms with Gasteiger partial charge in [0, 0.05) is 17.3 Å². The van der Waals surface area contributed by atoms with Crippen molar-refractivity contribution in [2.75, 3.05) is 7.11 Å². The molecule has 0 saturated heterocycles. The lowest BCUT2D eigenvalue weighted by atomic mass is 10.1. The van der Waals surface area contributed by atoms with E-state index in [4.69, 9.17) is 9.47 Å². The number of aliphatic imine (C=N–C) groups is 1. The quantitative estimate of drug-likeness (QED) is 0.669. The third-order valence-corrected chi connectivity index (χ3v) is 4.58. The molecule has 4 nitrogen and oxygen atoms in total. The summed E-state index contributed by atoms with van der Waals surface area (Å²) in [7, 11) is 1.66. The second-order valence-corrected chi connectivity index (χ2v) is 6.12. The third kappa shape index (κ3) is 2.59. The van der Waals surface area contributed by atoms with Crippen LogP contribution in [0.3, 0.4) is 0 Å². The molecule has 23 heavy (non-hydrogen) atoms. The van der Waals surface area contributed by atoms with Crippen LogP contribution in [0.25, 0.3) is 11.3 Å². The Labute approximate surface area is 138 Å². The zero-order chi connectivity index (χ0) is 15.6. The Morgan fingerprint density at radius 3 is 2.91 bits per heavy atom. The van der Waals surface area contributed by atoms with Crippen LogP contribution in [0.5, 0.6) is 11.5 Å². The molecule has 2 aromatic carbocycles. The van der Waals surface area contributed by atoms with Gasteiger partial charge in [0.15, 0.2) is 0 Å². The molecule has 3 aromatic rings. The Morgan fingerprint density at radius 1 is 1.17 bits per heavy atom. The SMILES string of the molecule is COc1ccccc1/C=N/c1nc2c(s1)COc1ccccc1-2. The molecule has 0 saturated carbocycles. The number of rotatable bonds is 3. The molecule has 0 aliphatic carbocycles. The number of nitrogens with zero attached hydrogens (tertiary/aromatic N) is 2. The van der Waals surface area contributed by atoms with Crippen LogP contribution >= 0.6 is 11.3 Å². The van der Waals surface area contributed by atoms with E-state index in [1.165, 1.54) is 0 Å². The second kappa shape index (κ2) is 5.85. The largest absolute Gasteiger partial charge is 0.496 e. The Hall–Kier alpha value is -2.66. The van der Waals surface area contributed by atoms with Crippen molar-refractivity contribution in [3.05, 3.63) is 59.0 Å². The van der Waals surface area contributed by atoms with Crippen LogP contribution in [0.15, 0.2) is 53.5 Å². The molecule has 0 spiro atoms. The van der Waals surface area contributed by atoms with Crippen molar-refractivity contribution in [1.82, 2.24) is 4.98 Å². The minimum Gasteiger partial charge on any atom is -0.496 e. The van der Waals surface area contributed by atoms with Crippen LogP contribution in [0.4, 0.5) is 5.13 Å². The second-order valence-electron chi connectivity index (χ2n) is 5.05. The first-order valence-electron chi connectivity index (χ1n) is 7.24. The summed E-state index contributed by atoms with van der Waals surface area (Å²) in [6.07, 6.45) is 1.79. The molecule has 1 aliphatic rings. The van der Waals surface area contributed by atoms with Crippen molar-refractivity contribution in [3.63, 3.8) is 0 Å². The lowest BCUT2D eigenvalue weighted by Gasteiger charge is -2.15. The molecular formula is C18H14N2O2S.